The lowest BCUT2D eigenvalue weighted by Crippen LogP contribution is -2.52. The van der Waals surface area contributed by atoms with E-state index in [-0.39, 0.29) is 22.8 Å². The van der Waals surface area contributed by atoms with Crippen LogP contribution in [0.4, 0.5) is 0 Å². The summed E-state index contributed by atoms with van der Waals surface area (Å²) in [6.07, 6.45) is 0.445. The molecule has 11 nitrogen and oxygen atoms in total. The Labute approximate surface area is 174 Å². The van der Waals surface area contributed by atoms with Gasteiger partial charge in [0.2, 0.25) is 15.9 Å². The van der Waals surface area contributed by atoms with Gasteiger partial charge in [-0.25, -0.2) is 13.2 Å². The van der Waals surface area contributed by atoms with Gasteiger partial charge in [0.15, 0.2) is 11.5 Å². The number of amides is 1. The van der Waals surface area contributed by atoms with E-state index in [1.807, 2.05) is 11.6 Å². The van der Waals surface area contributed by atoms with Gasteiger partial charge in [-0.3, -0.25) is 9.59 Å². The van der Waals surface area contributed by atoms with Crippen LogP contribution >= 0.6 is 0 Å². The Morgan fingerprint density at radius 2 is 1.70 bits per heavy atom. The number of carboxylic acids is 2. The van der Waals surface area contributed by atoms with Crippen LogP contribution in [-0.2, 0) is 24.4 Å². The highest BCUT2D eigenvalue weighted by atomic mass is 32.2. The molecule has 1 aromatic rings. The van der Waals surface area contributed by atoms with E-state index >= 15 is 0 Å². The topological polar surface area (TPSA) is 168 Å². The number of sulfonamides is 1. The SMILES string of the molecule is CCCC[C@H](NC(=O)[C@H](CC(=O)O)NS(=O)(=O)c1ccc(OC)c(OC)c1)C(=O)O. The molecule has 0 radical (unpaired) electrons. The Morgan fingerprint density at radius 1 is 1.07 bits per heavy atom. The van der Waals surface area contributed by atoms with E-state index in [1.54, 1.807) is 0 Å². The first-order valence-electron chi connectivity index (χ1n) is 9.05. The van der Waals surface area contributed by atoms with Crippen LogP contribution in [0.3, 0.4) is 0 Å². The van der Waals surface area contributed by atoms with Gasteiger partial charge in [-0.05, 0) is 18.6 Å². The minimum Gasteiger partial charge on any atom is -0.493 e. The third kappa shape index (κ3) is 7.19. The molecule has 168 valence electrons. The molecule has 0 saturated heterocycles. The molecule has 2 atom stereocenters. The summed E-state index contributed by atoms with van der Waals surface area (Å²) in [5.74, 6) is -3.40. The minimum absolute atomic E-state index is 0.116. The molecule has 0 saturated carbocycles. The van der Waals surface area contributed by atoms with Crippen LogP contribution in [0.5, 0.6) is 11.5 Å². The Kier molecular flexibility index (Phi) is 9.53. The van der Waals surface area contributed by atoms with Crippen molar-refractivity contribution >= 4 is 27.9 Å². The van der Waals surface area contributed by atoms with Crippen molar-refractivity contribution in [2.24, 2.45) is 0 Å². The van der Waals surface area contributed by atoms with Gasteiger partial charge in [0.1, 0.15) is 12.1 Å². The maximum Gasteiger partial charge on any atom is 0.326 e. The smallest absolute Gasteiger partial charge is 0.326 e. The van der Waals surface area contributed by atoms with Crippen molar-refractivity contribution in [2.75, 3.05) is 14.2 Å². The quantitative estimate of drug-likeness (QED) is 0.339. The predicted octanol–water partition coefficient (Wildman–Crippen LogP) is 0.585. The van der Waals surface area contributed by atoms with E-state index in [4.69, 9.17) is 14.6 Å². The highest BCUT2D eigenvalue weighted by Gasteiger charge is 2.31. The van der Waals surface area contributed by atoms with E-state index in [9.17, 15) is 27.9 Å². The normalized spacial score (nSPS) is 13.2. The van der Waals surface area contributed by atoms with Gasteiger partial charge in [0, 0.05) is 6.07 Å². The number of ether oxygens (including phenoxy) is 2. The van der Waals surface area contributed by atoms with E-state index in [1.165, 1.54) is 26.4 Å². The molecule has 0 aliphatic heterocycles. The number of carbonyl (C=O) groups excluding carboxylic acids is 1. The lowest BCUT2D eigenvalue weighted by molar-refractivity contribution is -0.143. The average Bonchev–Trinajstić information content (AvgIpc) is 2.68. The predicted molar refractivity (Wildman–Crippen MR) is 105 cm³/mol. The van der Waals surface area contributed by atoms with E-state index in [0.717, 1.165) is 6.07 Å². The summed E-state index contributed by atoms with van der Waals surface area (Å²) in [5.41, 5.74) is 0. The molecule has 1 rings (SSSR count). The third-order valence-electron chi connectivity index (χ3n) is 4.12. The summed E-state index contributed by atoms with van der Waals surface area (Å²) in [6, 6.07) is 0.701. The standard InChI is InChI=1S/C18H26N2O9S/c1-4-5-6-12(18(24)25)19-17(23)13(10-16(21)22)20-30(26,27)11-7-8-14(28-2)15(9-11)29-3/h7-9,12-13,20H,4-6,10H2,1-3H3,(H,19,23)(H,21,22)(H,24,25)/t12-,13-/m0/s1. The summed E-state index contributed by atoms with van der Waals surface area (Å²) in [5, 5.41) is 20.5. The molecule has 0 fully saturated rings. The summed E-state index contributed by atoms with van der Waals surface area (Å²) < 4.78 is 37.5. The summed E-state index contributed by atoms with van der Waals surface area (Å²) in [7, 11) is -1.66. The number of unbranched alkanes of at least 4 members (excludes halogenated alkanes) is 1. The van der Waals surface area contributed by atoms with Crippen molar-refractivity contribution < 1.29 is 42.5 Å². The van der Waals surface area contributed by atoms with Crippen molar-refractivity contribution in [3.8, 4) is 11.5 Å². The Morgan fingerprint density at radius 3 is 2.20 bits per heavy atom. The molecule has 0 heterocycles. The lowest BCUT2D eigenvalue weighted by Gasteiger charge is -2.20. The van der Waals surface area contributed by atoms with Crippen LogP contribution in [0.2, 0.25) is 0 Å². The molecule has 30 heavy (non-hydrogen) atoms. The van der Waals surface area contributed by atoms with Crippen LogP contribution in [0.25, 0.3) is 0 Å². The number of carbonyl (C=O) groups is 3. The van der Waals surface area contributed by atoms with E-state index < -0.39 is 46.4 Å². The molecule has 0 aliphatic carbocycles. The zero-order chi connectivity index (χ0) is 22.9. The molecular weight excluding hydrogens is 420 g/mol. The first-order valence-corrected chi connectivity index (χ1v) is 10.5. The lowest BCUT2D eigenvalue weighted by atomic mass is 10.1. The fraction of sp³-hybridized carbons (Fsp3) is 0.500. The van der Waals surface area contributed by atoms with Crippen LogP contribution in [0.15, 0.2) is 23.1 Å². The van der Waals surface area contributed by atoms with Gasteiger partial charge in [0.25, 0.3) is 0 Å². The molecule has 0 unspecified atom stereocenters. The second-order valence-corrected chi connectivity index (χ2v) is 8.04. The number of nitrogens with one attached hydrogen (secondary N) is 2. The monoisotopic (exact) mass is 446 g/mol. The number of carboxylic acid groups (broad SMARTS) is 2. The number of methoxy groups -OCH3 is 2. The zero-order valence-corrected chi connectivity index (χ0v) is 17.7. The molecule has 12 heteroatoms. The largest absolute Gasteiger partial charge is 0.493 e. The summed E-state index contributed by atoms with van der Waals surface area (Å²) in [6.45, 7) is 1.84. The average molecular weight is 446 g/mol. The van der Waals surface area contributed by atoms with Crippen molar-refractivity contribution in [3.05, 3.63) is 18.2 Å². The van der Waals surface area contributed by atoms with Gasteiger partial charge < -0.3 is 25.0 Å². The Balaban J connectivity index is 3.12. The van der Waals surface area contributed by atoms with Crippen molar-refractivity contribution in [2.45, 2.75) is 49.6 Å². The second-order valence-electron chi connectivity index (χ2n) is 6.33. The maximum absolute atomic E-state index is 12.7. The zero-order valence-electron chi connectivity index (χ0n) is 16.9. The molecule has 1 amide bonds. The number of benzene rings is 1. The van der Waals surface area contributed by atoms with Crippen LogP contribution in [0.1, 0.15) is 32.6 Å². The molecule has 0 aromatic heterocycles. The molecule has 0 bridgehead atoms. The maximum atomic E-state index is 12.7. The fourth-order valence-corrected chi connectivity index (χ4v) is 3.75. The number of aliphatic carboxylic acids is 2. The van der Waals surface area contributed by atoms with Gasteiger partial charge in [-0.15, -0.1) is 0 Å². The van der Waals surface area contributed by atoms with Gasteiger partial charge in [-0.1, -0.05) is 19.8 Å². The number of hydrogen-bond donors (Lipinski definition) is 4. The summed E-state index contributed by atoms with van der Waals surface area (Å²) >= 11 is 0. The highest BCUT2D eigenvalue weighted by Crippen LogP contribution is 2.29. The molecule has 4 N–H and O–H groups in total. The second kappa shape index (κ2) is 11.4. The first-order chi connectivity index (χ1) is 14.0. The summed E-state index contributed by atoms with van der Waals surface area (Å²) in [4.78, 5) is 34.7. The number of rotatable bonds is 13. The van der Waals surface area contributed by atoms with E-state index in [2.05, 4.69) is 5.32 Å². The van der Waals surface area contributed by atoms with Crippen LogP contribution in [-0.4, -0.2) is 62.8 Å². The molecule has 0 spiro atoms. The minimum atomic E-state index is -4.34. The van der Waals surface area contributed by atoms with Gasteiger partial charge in [0.05, 0.1) is 25.5 Å². The molecule has 0 aliphatic rings. The van der Waals surface area contributed by atoms with Crippen LogP contribution < -0.4 is 19.5 Å². The highest BCUT2D eigenvalue weighted by molar-refractivity contribution is 7.89. The van der Waals surface area contributed by atoms with Crippen molar-refractivity contribution in [1.29, 1.82) is 0 Å². The Hall–Kier alpha value is -2.86. The van der Waals surface area contributed by atoms with Crippen molar-refractivity contribution in [3.63, 3.8) is 0 Å². The fourth-order valence-electron chi connectivity index (χ4n) is 2.54. The number of hydrogen-bond acceptors (Lipinski definition) is 7. The molecular formula is C18H26N2O9S. The van der Waals surface area contributed by atoms with Gasteiger partial charge >= 0.3 is 11.9 Å². The van der Waals surface area contributed by atoms with Crippen LogP contribution in [0, 0.1) is 0 Å². The van der Waals surface area contributed by atoms with E-state index in [0.29, 0.717) is 12.8 Å². The van der Waals surface area contributed by atoms with Gasteiger partial charge in [-0.2, -0.15) is 4.72 Å². The first kappa shape index (κ1) is 25.2. The Bertz CT molecular complexity index is 870. The third-order valence-corrected chi connectivity index (χ3v) is 5.59. The van der Waals surface area contributed by atoms with Crippen molar-refractivity contribution in [1.82, 2.24) is 10.0 Å². The molecule has 1 aromatic carbocycles.